The van der Waals surface area contributed by atoms with Crippen LogP contribution in [-0.4, -0.2) is 12.2 Å². The van der Waals surface area contributed by atoms with Crippen LogP contribution in [0.15, 0.2) is 12.1 Å². The van der Waals surface area contributed by atoms with Crippen molar-refractivity contribution in [2.24, 2.45) is 5.73 Å². The lowest BCUT2D eigenvalue weighted by atomic mass is 9.91. The van der Waals surface area contributed by atoms with E-state index in [2.05, 4.69) is 0 Å². The molecule has 0 atom stereocenters. The average molecular weight is 323 g/mol. The van der Waals surface area contributed by atoms with Crippen LogP contribution >= 0.6 is 24.0 Å². The first-order valence-corrected chi connectivity index (χ1v) is 4.54. The Bertz CT molecular complexity index is 345. The third-order valence-electron chi connectivity index (χ3n) is 2.31. The average Bonchev–Trinajstić information content (AvgIpc) is 2.07. The molecular formula is C11H18INO2. The number of benzene rings is 1. The second-order valence-electron chi connectivity index (χ2n) is 4.01. The number of halogens is 1. The zero-order valence-electron chi connectivity index (χ0n) is 9.50. The van der Waals surface area contributed by atoms with Gasteiger partial charge < -0.3 is 15.6 Å². The molecule has 0 aliphatic carbocycles. The molecule has 0 unspecified atom stereocenters. The molecule has 0 aromatic heterocycles. The Morgan fingerprint density at radius 3 is 2.27 bits per heavy atom. The van der Waals surface area contributed by atoms with Gasteiger partial charge in [-0.15, -0.1) is 24.0 Å². The number of nitrogens with two attached hydrogens (primary N) is 1. The van der Waals surface area contributed by atoms with Gasteiger partial charge in [-0.3, -0.25) is 0 Å². The quantitative estimate of drug-likeness (QED) is 0.823. The van der Waals surface area contributed by atoms with Crippen LogP contribution in [0.25, 0.3) is 0 Å². The molecule has 4 heteroatoms. The number of ether oxygens (including phenoxy) is 1. The minimum absolute atomic E-state index is 0. The van der Waals surface area contributed by atoms with E-state index in [0.717, 1.165) is 11.1 Å². The first kappa shape index (κ1) is 14.5. The van der Waals surface area contributed by atoms with E-state index in [0.29, 0.717) is 5.75 Å². The summed E-state index contributed by atoms with van der Waals surface area (Å²) < 4.78 is 5.00. The summed E-state index contributed by atoms with van der Waals surface area (Å²) in [5.41, 5.74) is 7.22. The molecule has 0 saturated carbocycles. The fourth-order valence-electron chi connectivity index (χ4n) is 1.54. The second kappa shape index (κ2) is 5.03. The van der Waals surface area contributed by atoms with Gasteiger partial charge in [-0.05, 0) is 38.0 Å². The first-order valence-electron chi connectivity index (χ1n) is 4.54. The molecule has 1 aromatic rings. The molecule has 0 amide bonds. The highest BCUT2D eigenvalue weighted by Crippen LogP contribution is 2.34. The number of phenolic OH excluding ortho intramolecular Hbond substituents is 1. The highest BCUT2D eigenvalue weighted by molar-refractivity contribution is 14.0. The molecule has 86 valence electrons. The number of hydrogen-bond acceptors (Lipinski definition) is 3. The minimum Gasteiger partial charge on any atom is -0.504 e. The Morgan fingerprint density at radius 2 is 1.87 bits per heavy atom. The number of rotatable bonds is 2. The molecule has 0 radical (unpaired) electrons. The molecule has 1 aromatic carbocycles. The van der Waals surface area contributed by atoms with Crippen LogP contribution < -0.4 is 10.5 Å². The van der Waals surface area contributed by atoms with E-state index in [1.54, 1.807) is 6.07 Å². The van der Waals surface area contributed by atoms with Gasteiger partial charge in [-0.25, -0.2) is 0 Å². The second-order valence-corrected chi connectivity index (χ2v) is 4.01. The monoisotopic (exact) mass is 323 g/mol. The van der Waals surface area contributed by atoms with Crippen LogP contribution in [0.5, 0.6) is 11.5 Å². The molecule has 0 heterocycles. The molecule has 0 fully saturated rings. The van der Waals surface area contributed by atoms with Gasteiger partial charge >= 0.3 is 0 Å². The van der Waals surface area contributed by atoms with Gasteiger partial charge in [0.05, 0.1) is 7.11 Å². The topological polar surface area (TPSA) is 55.5 Å². The molecule has 0 spiro atoms. The lowest BCUT2D eigenvalue weighted by Gasteiger charge is -2.22. The maximum Gasteiger partial charge on any atom is 0.160 e. The van der Waals surface area contributed by atoms with Gasteiger partial charge in [-0.2, -0.15) is 0 Å². The summed E-state index contributed by atoms with van der Waals surface area (Å²) in [7, 11) is 1.53. The summed E-state index contributed by atoms with van der Waals surface area (Å²) in [6.07, 6.45) is 0. The van der Waals surface area contributed by atoms with Crippen LogP contribution in [0, 0.1) is 6.92 Å². The maximum atomic E-state index is 9.76. The van der Waals surface area contributed by atoms with Gasteiger partial charge in [0, 0.05) is 5.54 Å². The predicted molar refractivity (Wildman–Crippen MR) is 72.0 cm³/mol. The highest BCUT2D eigenvalue weighted by atomic mass is 127. The van der Waals surface area contributed by atoms with Crippen molar-refractivity contribution in [3.63, 3.8) is 0 Å². The summed E-state index contributed by atoms with van der Waals surface area (Å²) in [6.45, 7) is 5.64. The van der Waals surface area contributed by atoms with E-state index in [-0.39, 0.29) is 29.7 Å². The smallest absolute Gasteiger partial charge is 0.160 e. The van der Waals surface area contributed by atoms with Crippen LogP contribution in [0.1, 0.15) is 25.0 Å². The predicted octanol–water partition coefficient (Wildman–Crippen LogP) is 2.52. The molecule has 1 rings (SSSR count). The lowest BCUT2D eigenvalue weighted by Crippen LogP contribution is -2.29. The van der Waals surface area contributed by atoms with Crippen molar-refractivity contribution in [1.82, 2.24) is 0 Å². The van der Waals surface area contributed by atoms with E-state index in [4.69, 9.17) is 10.5 Å². The Balaban J connectivity index is 0.00000196. The molecule has 3 nitrogen and oxygen atoms in total. The van der Waals surface area contributed by atoms with E-state index in [1.807, 2.05) is 26.8 Å². The third-order valence-corrected chi connectivity index (χ3v) is 2.31. The van der Waals surface area contributed by atoms with Crippen LogP contribution in [0.4, 0.5) is 0 Å². The Morgan fingerprint density at radius 1 is 1.33 bits per heavy atom. The normalized spacial score (nSPS) is 10.7. The van der Waals surface area contributed by atoms with Crippen molar-refractivity contribution in [2.75, 3.05) is 7.11 Å². The van der Waals surface area contributed by atoms with E-state index >= 15 is 0 Å². The highest BCUT2D eigenvalue weighted by Gasteiger charge is 2.20. The summed E-state index contributed by atoms with van der Waals surface area (Å²) in [5, 5.41) is 9.76. The SMILES string of the molecule is COc1ccc(C(C)(C)N)c(C)c1O.I. The zero-order chi connectivity index (χ0) is 10.9. The number of methoxy groups -OCH3 is 1. The fraction of sp³-hybridized carbons (Fsp3) is 0.455. The number of hydrogen-bond donors (Lipinski definition) is 2. The van der Waals surface area contributed by atoms with Gasteiger partial charge in [-0.1, -0.05) is 6.07 Å². The summed E-state index contributed by atoms with van der Waals surface area (Å²) in [6, 6.07) is 3.61. The molecule has 0 aliphatic rings. The summed E-state index contributed by atoms with van der Waals surface area (Å²) in [5.74, 6) is 0.652. The van der Waals surface area contributed by atoms with E-state index < -0.39 is 5.54 Å². The lowest BCUT2D eigenvalue weighted by molar-refractivity contribution is 0.369. The Hall–Kier alpha value is -0.490. The molecule has 0 bridgehead atoms. The molecule has 0 aliphatic heterocycles. The van der Waals surface area contributed by atoms with Gasteiger partial charge in [0.1, 0.15) is 0 Å². The van der Waals surface area contributed by atoms with Gasteiger partial charge in [0.15, 0.2) is 11.5 Å². The van der Waals surface area contributed by atoms with Crippen LogP contribution in [0.3, 0.4) is 0 Å². The third kappa shape index (κ3) is 2.98. The van der Waals surface area contributed by atoms with Crippen LogP contribution in [-0.2, 0) is 5.54 Å². The van der Waals surface area contributed by atoms with Crippen molar-refractivity contribution >= 4 is 24.0 Å². The van der Waals surface area contributed by atoms with E-state index in [9.17, 15) is 5.11 Å². The first-order chi connectivity index (χ1) is 6.38. The minimum atomic E-state index is -0.451. The number of phenols is 1. The molecule has 0 saturated heterocycles. The molecule has 15 heavy (non-hydrogen) atoms. The van der Waals surface area contributed by atoms with E-state index in [1.165, 1.54) is 7.11 Å². The number of aromatic hydroxyl groups is 1. The van der Waals surface area contributed by atoms with Crippen molar-refractivity contribution in [3.05, 3.63) is 23.3 Å². The van der Waals surface area contributed by atoms with Crippen molar-refractivity contribution in [2.45, 2.75) is 26.3 Å². The van der Waals surface area contributed by atoms with Crippen molar-refractivity contribution < 1.29 is 9.84 Å². The van der Waals surface area contributed by atoms with Crippen LogP contribution in [0.2, 0.25) is 0 Å². The van der Waals surface area contributed by atoms with Crippen molar-refractivity contribution in [1.29, 1.82) is 0 Å². The standard InChI is InChI=1S/C11H17NO2.HI/c1-7-8(11(2,3)12)5-6-9(14-4)10(7)13;/h5-6,13H,12H2,1-4H3;1H. The van der Waals surface area contributed by atoms with Crippen molar-refractivity contribution in [3.8, 4) is 11.5 Å². The van der Waals surface area contributed by atoms with Gasteiger partial charge in [0.2, 0.25) is 0 Å². The summed E-state index contributed by atoms with van der Waals surface area (Å²) in [4.78, 5) is 0. The summed E-state index contributed by atoms with van der Waals surface area (Å²) >= 11 is 0. The Kier molecular flexibility index (Phi) is 4.86. The molecular weight excluding hydrogens is 305 g/mol. The zero-order valence-corrected chi connectivity index (χ0v) is 11.8. The fourth-order valence-corrected chi connectivity index (χ4v) is 1.54. The Labute approximate surface area is 108 Å². The maximum absolute atomic E-state index is 9.76. The van der Waals surface area contributed by atoms with Gasteiger partial charge in [0.25, 0.3) is 0 Å². The largest absolute Gasteiger partial charge is 0.504 e. The molecule has 3 N–H and O–H groups in total.